The van der Waals surface area contributed by atoms with Crippen molar-refractivity contribution >= 4 is 15.7 Å². The molecule has 1 amide bonds. The Morgan fingerprint density at radius 1 is 1.10 bits per heavy atom. The van der Waals surface area contributed by atoms with Gasteiger partial charge in [0.05, 0.1) is 17.8 Å². The average molecular weight is 415 g/mol. The summed E-state index contributed by atoms with van der Waals surface area (Å²) in [7, 11) is -1.89. The first-order chi connectivity index (χ1) is 13.9. The van der Waals surface area contributed by atoms with Crippen LogP contribution in [0.2, 0.25) is 0 Å². The molecule has 0 unspecified atom stereocenters. The number of hydrogen-bond acceptors (Lipinski definition) is 7. The van der Waals surface area contributed by atoms with Crippen molar-refractivity contribution in [2.24, 2.45) is 0 Å². The first-order valence-corrected chi connectivity index (χ1v) is 10.6. The summed E-state index contributed by atoms with van der Waals surface area (Å²) in [4.78, 5) is 16.4. The van der Waals surface area contributed by atoms with Gasteiger partial charge in [-0.05, 0) is 36.8 Å². The van der Waals surface area contributed by atoms with Gasteiger partial charge >= 0.3 is 11.8 Å². The first-order valence-electron chi connectivity index (χ1n) is 8.90. The Morgan fingerprint density at radius 2 is 1.79 bits per heavy atom. The van der Waals surface area contributed by atoms with Crippen LogP contribution in [0.5, 0.6) is 5.75 Å². The van der Waals surface area contributed by atoms with E-state index in [-0.39, 0.29) is 35.3 Å². The van der Waals surface area contributed by atoms with Gasteiger partial charge in [0.2, 0.25) is 0 Å². The number of benzene rings is 2. The van der Waals surface area contributed by atoms with Gasteiger partial charge < -0.3 is 14.6 Å². The Balaban J connectivity index is 1.55. The van der Waals surface area contributed by atoms with Gasteiger partial charge in [-0.25, -0.2) is 8.42 Å². The summed E-state index contributed by atoms with van der Waals surface area (Å²) >= 11 is 0. The van der Waals surface area contributed by atoms with E-state index in [4.69, 9.17) is 9.26 Å². The van der Waals surface area contributed by atoms with Crippen LogP contribution in [0.25, 0.3) is 0 Å². The number of carbonyl (C=O) groups is 1. The van der Waals surface area contributed by atoms with Crippen LogP contribution in [0, 0.1) is 6.92 Å². The second-order valence-corrected chi connectivity index (χ2v) is 8.54. The van der Waals surface area contributed by atoms with Crippen LogP contribution in [0.3, 0.4) is 0 Å². The molecule has 0 radical (unpaired) electrons. The summed E-state index contributed by atoms with van der Waals surface area (Å²) < 4.78 is 34.8. The molecule has 0 saturated carbocycles. The van der Waals surface area contributed by atoms with Crippen molar-refractivity contribution < 1.29 is 22.5 Å². The van der Waals surface area contributed by atoms with Crippen molar-refractivity contribution in [3.8, 4) is 5.75 Å². The third kappa shape index (κ3) is 5.41. The van der Waals surface area contributed by atoms with E-state index in [1.807, 2.05) is 19.1 Å². The summed E-state index contributed by atoms with van der Waals surface area (Å²) in [5, 5.41) is 6.37. The van der Waals surface area contributed by atoms with Crippen LogP contribution in [0.4, 0.5) is 0 Å². The van der Waals surface area contributed by atoms with Crippen molar-refractivity contribution in [1.29, 1.82) is 0 Å². The Bertz CT molecular complexity index is 1070. The van der Waals surface area contributed by atoms with Gasteiger partial charge in [0.15, 0.2) is 15.7 Å². The molecule has 0 aliphatic heterocycles. The van der Waals surface area contributed by atoms with Gasteiger partial charge in [0.1, 0.15) is 5.75 Å². The number of aryl methyl sites for hydroxylation is 2. The van der Waals surface area contributed by atoms with E-state index in [0.29, 0.717) is 0 Å². The number of nitrogens with zero attached hydrogens (tertiary/aromatic N) is 2. The molecule has 0 saturated heterocycles. The number of ether oxygens (including phenoxy) is 1. The number of nitrogens with one attached hydrogen (secondary N) is 1. The maximum atomic E-state index is 12.4. The molecule has 0 aliphatic carbocycles. The molecule has 29 heavy (non-hydrogen) atoms. The summed E-state index contributed by atoms with van der Waals surface area (Å²) in [6.07, 6.45) is 0.0471. The maximum absolute atomic E-state index is 12.4. The summed E-state index contributed by atoms with van der Waals surface area (Å²) in [5.41, 5.74) is 1.86. The maximum Gasteiger partial charge on any atom is 0.315 e. The molecular formula is C20H21N3O5S. The number of rotatable bonds is 8. The van der Waals surface area contributed by atoms with E-state index in [2.05, 4.69) is 15.5 Å². The fraction of sp³-hybridized carbons (Fsp3) is 0.250. The zero-order valence-corrected chi connectivity index (χ0v) is 16.9. The van der Waals surface area contributed by atoms with E-state index in [1.165, 1.54) is 0 Å². The second kappa shape index (κ2) is 8.87. The molecule has 0 atom stereocenters. The Hall–Kier alpha value is -3.20. The standard InChI is InChI=1S/C20H21N3O5S/c1-14-3-9-17(10-4-14)29(25,26)12-11-18-22-20(28-23-18)19(24)21-13-15-5-7-16(27-2)8-6-15/h3-10H,11-13H2,1-2H3,(H,21,24). The zero-order valence-electron chi connectivity index (χ0n) is 16.1. The third-order valence-corrected chi connectivity index (χ3v) is 5.98. The molecule has 1 N–H and O–H groups in total. The largest absolute Gasteiger partial charge is 0.497 e. The van der Waals surface area contributed by atoms with E-state index in [0.717, 1.165) is 16.9 Å². The Morgan fingerprint density at radius 3 is 2.45 bits per heavy atom. The molecule has 0 aliphatic rings. The highest BCUT2D eigenvalue weighted by atomic mass is 32.2. The molecule has 3 rings (SSSR count). The van der Waals surface area contributed by atoms with Crippen molar-refractivity contribution in [3.05, 3.63) is 71.4 Å². The minimum absolute atomic E-state index is 0.0471. The molecule has 1 heterocycles. The molecule has 0 spiro atoms. The molecule has 8 nitrogen and oxygen atoms in total. The number of sulfone groups is 1. The number of methoxy groups -OCH3 is 1. The molecule has 152 valence electrons. The topological polar surface area (TPSA) is 111 Å². The fourth-order valence-electron chi connectivity index (χ4n) is 2.54. The van der Waals surface area contributed by atoms with Crippen LogP contribution in [-0.2, 0) is 22.8 Å². The van der Waals surface area contributed by atoms with E-state index >= 15 is 0 Å². The predicted molar refractivity (Wildman–Crippen MR) is 105 cm³/mol. The number of amides is 1. The van der Waals surface area contributed by atoms with Gasteiger partial charge in [-0.2, -0.15) is 4.98 Å². The van der Waals surface area contributed by atoms with Gasteiger partial charge in [0, 0.05) is 13.0 Å². The van der Waals surface area contributed by atoms with E-state index in [9.17, 15) is 13.2 Å². The van der Waals surface area contributed by atoms with Gasteiger partial charge in [0.25, 0.3) is 0 Å². The molecular weight excluding hydrogens is 394 g/mol. The third-order valence-electron chi connectivity index (χ3n) is 4.25. The summed E-state index contributed by atoms with van der Waals surface area (Å²) in [5.74, 6) is -0.0256. The van der Waals surface area contributed by atoms with Crippen molar-refractivity contribution in [1.82, 2.24) is 15.5 Å². The monoisotopic (exact) mass is 415 g/mol. The molecule has 9 heteroatoms. The molecule has 0 fully saturated rings. The lowest BCUT2D eigenvalue weighted by Gasteiger charge is -2.04. The lowest BCUT2D eigenvalue weighted by molar-refractivity contribution is 0.0907. The molecule has 3 aromatic rings. The van der Waals surface area contributed by atoms with E-state index < -0.39 is 15.7 Å². The average Bonchev–Trinajstić information content (AvgIpc) is 3.20. The minimum Gasteiger partial charge on any atom is -0.497 e. The minimum atomic E-state index is -3.47. The predicted octanol–water partition coefficient (Wildman–Crippen LogP) is 2.33. The Kier molecular flexibility index (Phi) is 6.28. The first kappa shape index (κ1) is 20.5. The highest BCUT2D eigenvalue weighted by molar-refractivity contribution is 7.91. The Labute approximate surface area is 168 Å². The normalized spacial score (nSPS) is 11.2. The van der Waals surface area contributed by atoms with Gasteiger partial charge in [-0.15, -0.1) is 0 Å². The van der Waals surface area contributed by atoms with Crippen molar-refractivity contribution in [2.45, 2.75) is 24.8 Å². The van der Waals surface area contributed by atoms with Crippen LogP contribution < -0.4 is 10.1 Å². The van der Waals surface area contributed by atoms with Gasteiger partial charge in [-0.3, -0.25) is 4.79 Å². The highest BCUT2D eigenvalue weighted by Gasteiger charge is 2.19. The number of aromatic nitrogens is 2. The summed E-state index contributed by atoms with van der Waals surface area (Å²) in [6.45, 7) is 2.17. The van der Waals surface area contributed by atoms with Gasteiger partial charge in [-0.1, -0.05) is 35.0 Å². The summed E-state index contributed by atoms with van der Waals surface area (Å²) in [6, 6.07) is 13.9. The quantitative estimate of drug-likeness (QED) is 0.601. The van der Waals surface area contributed by atoms with E-state index in [1.54, 1.807) is 43.5 Å². The fourth-order valence-corrected chi connectivity index (χ4v) is 3.78. The second-order valence-electron chi connectivity index (χ2n) is 6.43. The van der Waals surface area contributed by atoms with Crippen LogP contribution >= 0.6 is 0 Å². The zero-order chi connectivity index (χ0) is 20.9. The van der Waals surface area contributed by atoms with Crippen molar-refractivity contribution in [3.63, 3.8) is 0 Å². The number of hydrogen-bond donors (Lipinski definition) is 1. The molecule has 0 bridgehead atoms. The van der Waals surface area contributed by atoms with Crippen LogP contribution in [0.15, 0.2) is 57.9 Å². The van der Waals surface area contributed by atoms with Crippen LogP contribution in [-0.4, -0.2) is 37.3 Å². The molecule has 1 aromatic heterocycles. The number of carbonyl (C=O) groups excluding carboxylic acids is 1. The smallest absolute Gasteiger partial charge is 0.315 e. The lowest BCUT2D eigenvalue weighted by Crippen LogP contribution is -2.23. The lowest BCUT2D eigenvalue weighted by atomic mass is 10.2. The molecule has 2 aromatic carbocycles. The van der Waals surface area contributed by atoms with Crippen molar-refractivity contribution in [2.75, 3.05) is 12.9 Å². The van der Waals surface area contributed by atoms with Crippen LogP contribution in [0.1, 0.15) is 27.6 Å². The SMILES string of the molecule is COc1ccc(CNC(=O)c2nc(CCS(=O)(=O)c3ccc(C)cc3)no2)cc1. The highest BCUT2D eigenvalue weighted by Crippen LogP contribution is 2.14.